The monoisotopic (exact) mass is 422 g/mol. The Morgan fingerprint density at radius 1 is 1.03 bits per heavy atom. The Morgan fingerprint density at radius 2 is 1.67 bits per heavy atom. The van der Waals surface area contributed by atoms with Crippen molar-refractivity contribution in [1.29, 1.82) is 0 Å². The van der Waals surface area contributed by atoms with Crippen LogP contribution >= 0.6 is 0 Å². The summed E-state index contributed by atoms with van der Waals surface area (Å²) in [6, 6.07) is 2.86. The fraction of sp³-hybridized carbons (Fsp3) is 0.522. The molecule has 0 spiro atoms. The second kappa shape index (κ2) is 12.0. The van der Waals surface area contributed by atoms with Gasteiger partial charge in [-0.25, -0.2) is 0 Å². The second-order valence-electron chi connectivity index (χ2n) is 8.11. The molecule has 0 bridgehead atoms. The minimum Gasteiger partial charge on any atom is -0.507 e. The van der Waals surface area contributed by atoms with Crippen molar-refractivity contribution in [3.8, 4) is 5.75 Å². The second-order valence-corrected chi connectivity index (χ2v) is 8.11. The number of hydrogen-bond donors (Lipinski definition) is 6. The van der Waals surface area contributed by atoms with Gasteiger partial charge in [0.05, 0.1) is 23.4 Å². The Kier molecular flexibility index (Phi) is 10.4. The summed E-state index contributed by atoms with van der Waals surface area (Å²) >= 11 is 0. The standard InChI is InChI=1S/C23H34O7/c1-15(25)7-5-4-6-8-20(27)21(28)12-10-17-16(13-22(29)23(2,3)30)9-11-19(26)18(17)14-24/h6,8-12,14-15,20-22,25-30H,4-5,7,13H2,1-3H3/b8-6+,12-10+/t15-,20-,21-,22-/m0/s1. The fourth-order valence-electron chi connectivity index (χ4n) is 2.82. The average Bonchev–Trinajstić information content (AvgIpc) is 2.66. The van der Waals surface area contributed by atoms with Gasteiger partial charge in [0.2, 0.25) is 0 Å². The van der Waals surface area contributed by atoms with E-state index in [0.29, 0.717) is 30.3 Å². The Balaban J connectivity index is 2.98. The third kappa shape index (κ3) is 8.38. The van der Waals surface area contributed by atoms with Crippen molar-refractivity contribution >= 4 is 12.4 Å². The van der Waals surface area contributed by atoms with E-state index in [-0.39, 0.29) is 23.8 Å². The average molecular weight is 423 g/mol. The molecule has 0 aliphatic carbocycles. The van der Waals surface area contributed by atoms with E-state index >= 15 is 0 Å². The molecule has 4 atom stereocenters. The molecule has 168 valence electrons. The van der Waals surface area contributed by atoms with E-state index in [4.69, 9.17) is 0 Å². The molecule has 1 aromatic carbocycles. The number of phenols is 1. The van der Waals surface area contributed by atoms with Crippen LogP contribution in [-0.4, -0.2) is 66.9 Å². The van der Waals surface area contributed by atoms with Crippen molar-refractivity contribution < 1.29 is 35.4 Å². The first kappa shape index (κ1) is 26.0. The third-order valence-corrected chi connectivity index (χ3v) is 4.84. The summed E-state index contributed by atoms with van der Waals surface area (Å²) in [5.74, 6) is -0.251. The lowest BCUT2D eigenvalue weighted by atomic mass is 9.90. The number of aliphatic hydroxyl groups is 5. The van der Waals surface area contributed by atoms with Gasteiger partial charge in [0.1, 0.15) is 18.0 Å². The molecular weight excluding hydrogens is 388 g/mol. The zero-order chi connectivity index (χ0) is 22.9. The number of hydrogen-bond acceptors (Lipinski definition) is 7. The number of unbranched alkanes of at least 4 members (excludes halogenated alkanes) is 1. The Hall–Kier alpha value is -2.03. The summed E-state index contributed by atoms with van der Waals surface area (Å²) in [4.78, 5) is 11.5. The highest BCUT2D eigenvalue weighted by molar-refractivity contribution is 5.86. The minimum absolute atomic E-state index is 0.0120. The summed E-state index contributed by atoms with van der Waals surface area (Å²) in [5, 5.41) is 59.6. The zero-order valence-corrected chi connectivity index (χ0v) is 17.8. The normalized spacial score (nSPS) is 16.7. The SMILES string of the molecule is C[C@H](O)CCC/C=C/[C@H](O)[C@@H](O)/C=C/c1c(C[C@H](O)C(C)(C)O)ccc(O)c1C=O. The van der Waals surface area contributed by atoms with Crippen LogP contribution in [-0.2, 0) is 6.42 Å². The van der Waals surface area contributed by atoms with Crippen molar-refractivity contribution in [3.05, 3.63) is 47.1 Å². The molecule has 7 heteroatoms. The molecule has 1 rings (SSSR count). The molecular formula is C23H34O7. The van der Waals surface area contributed by atoms with Crippen molar-refractivity contribution in [2.75, 3.05) is 0 Å². The number of aldehydes is 1. The van der Waals surface area contributed by atoms with E-state index in [1.807, 2.05) is 0 Å². The van der Waals surface area contributed by atoms with Crippen LogP contribution in [0.4, 0.5) is 0 Å². The fourth-order valence-corrected chi connectivity index (χ4v) is 2.82. The molecule has 1 aromatic rings. The first-order valence-electron chi connectivity index (χ1n) is 10.1. The maximum absolute atomic E-state index is 11.5. The number of carbonyl (C=O) groups is 1. The summed E-state index contributed by atoms with van der Waals surface area (Å²) in [6.07, 6.45) is 4.51. The summed E-state index contributed by atoms with van der Waals surface area (Å²) < 4.78 is 0. The van der Waals surface area contributed by atoms with Crippen LogP contribution in [0, 0.1) is 0 Å². The number of rotatable bonds is 12. The largest absolute Gasteiger partial charge is 0.507 e. The third-order valence-electron chi connectivity index (χ3n) is 4.84. The molecule has 0 aliphatic heterocycles. The van der Waals surface area contributed by atoms with Gasteiger partial charge in [0, 0.05) is 6.42 Å². The molecule has 7 nitrogen and oxygen atoms in total. The van der Waals surface area contributed by atoms with E-state index in [1.165, 1.54) is 44.2 Å². The van der Waals surface area contributed by atoms with Gasteiger partial charge in [-0.3, -0.25) is 4.79 Å². The lowest BCUT2D eigenvalue weighted by Crippen LogP contribution is -2.37. The van der Waals surface area contributed by atoms with Crippen molar-refractivity contribution in [2.24, 2.45) is 0 Å². The highest BCUT2D eigenvalue weighted by Gasteiger charge is 2.26. The van der Waals surface area contributed by atoms with Gasteiger partial charge in [0.25, 0.3) is 0 Å². The number of allylic oxidation sites excluding steroid dienone is 1. The Labute approximate surface area is 177 Å². The lowest BCUT2D eigenvalue weighted by molar-refractivity contribution is -0.0469. The van der Waals surface area contributed by atoms with Crippen LogP contribution in [0.5, 0.6) is 5.75 Å². The van der Waals surface area contributed by atoms with Crippen molar-refractivity contribution in [1.82, 2.24) is 0 Å². The summed E-state index contributed by atoms with van der Waals surface area (Å²) in [5.41, 5.74) is -0.590. The van der Waals surface area contributed by atoms with Gasteiger partial charge in [0.15, 0.2) is 6.29 Å². The maximum atomic E-state index is 11.5. The molecule has 0 aromatic heterocycles. The van der Waals surface area contributed by atoms with E-state index in [1.54, 1.807) is 13.0 Å². The van der Waals surface area contributed by atoms with Crippen LogP contribution in [0.15, 0.2) is 30.4 Å². The first-order valence-corrected chi connectivity index (χ1v) is 10.1. The number of aromatic hydroxyl groups is 1. The number of phenolic OH excluding ortho intramolecular Hbond substituents is 1. The molecule has 0 aliphatic rings. The topological polar surface area (TPSA) is 138 Å². The number of carbonyl (C=O) groups excluding carboxylic acids is 1. The Morgan fingerprint density at radius 3 is 2.23 bits per heavy atom. The molecule has 6 N–H and O–H groups in total. The van der Waals surface area contributed by atoms with Crippen LogP contribution in [0.2, 0.25) is 0 Å². The van der Waals surface area contributed by atoms with Crippen molar-refractivity contribution in [2.45, 2.75) is 76.5 Å². The van der Waals surface area contributed by atoms with E-state index in [0.717, 1.165) is 6.42 Å². The Bertz CT molecular complexity index is 732. The van der Waals surface area contributed by atoms with Gasteiger partial charge in [-0.2, -0.15) is 0 Å². The van der Waals surface area contributed by atoms with Crippen LogP contribution < -0.4 is 0 Å². The van der Waals surface area contributed by atoms with Crippen LogP contribution in [0.3, 0.4) is 0 Å². The smallest absolute Gasteiger partial charge is 0.154 e. The maximum Gasteiger partial charge on any atom is 0.154 e. The van der Waals surface area contributed by atoms with Crippen LogP contribution in [0.25, 0.3) is 6.08 Å². The van der Waals surface area contributed by atoms with E-state index < -0.39 is 23.9 Å². The lowest BCUT2D eigenvalue weighted by Gasteiger charge is -2.25. The van der Waals surface area contributed by atoms with Gasteiger partial charge in [-0.1, -0.05) is 30.4 Å². The van der Waals surface area contributed by atoms with Gasteiger partial charge in [-0.15, -0.1) is 0 Å². The highest BCUT2D eigenvalue weighted by atomic mass is 16.3. The molecule has 0 fully saturated rings. The predicted octanol–water partition coefficient (Wildman–Crippen LogP) is 1.72. The van der Waals surface area contributed by atoms with Gasteiger partial charge in [-0.05, 0) is 57.2 Å². The number of benzene rings is 1. The predicted molar refractivity (Wildman–Crippen MR) is 115 cm³/mol. The van der Waals surface area contributed by atoms with Crippen LogP contribution in [0.1, 0.15) is 61.5 Å². The van der Waals surface area contributed by atoms with Gasteiger partial charge >= 0.3 is 0 Å². The molecule has 0 saturated carbocycles. The highest BCUT2D eigenvalue weighted by Crippen LogP contribution is 2.27. The van der Waals surface area contributed by atoms with Crippen molar-refractivity contribution in [3.63, 3.8) is 0 Å². The molecule has 0 radical (unpaired) electrons. The van der Waals surface area contributed by atoms with E-state index in [2.05, 4.69) is 0 Å². The summed E-state index contributed by atoms with van der Waals surface area (Å²) in [7, 11) is 0. The number of aliphatic hydroxyl groups excluding tert-OH is 4. The molecule has 30 heavy (non-hydrogen) atoms. The first-order chi connectivity index (χ1) is 14.0. The zero-order valence-electron chi connectivity index (χ0n) is 17.8. The molecule has 0 heterocycles. The summed E-state index contributed by atoms with van der Waals surface area (Å²) in [6.45, 7) is 4.63. The van der Waals surface area contributed by atoms with Gasteiger partial charge < -0.3 is 30.6 Å². The quantitative estimate of drug-likeness (QED) is 0.171. The minimum atomic E-state index is -1.37. The van der Waals surface area contributed by atoms with E-state index in [9.17, 15) is 35.4 Å². The molecule has 0 amide bonds. The molecule has 0 unspecified atom stereocenters. The molecule has 0 saturated heterocycles.